The molecule has 0 aliphatic heterocycles. The summed E-state index contributed by atoms with van der Waals surface area (Å²) in [5, 5.41) is 2.69. The van der Waals surface area contributed by atoms with E-state index >= 15 is 0 Å². The van der Waals surface area contributed by atoms with Crippen LogP contribution in [0.3, 0.4) is 0 Å². The lowest BCUT2D eigenvalue weighted by atomic mass is 10.0. The monoisotopic (exact) mass is 227 g/mol. The minimum absolute atomic E-state index is 0.121. The summed E-state index contributed by atoms with van der Waals surface area (Å²) in [5.41, 5.74) is 0.593. The maximum absolute atomic E-state index is 12.3. The molecule has 1 rings (SSSR count). The van der Waals surface area contributed by atoms with E-state index in [0.29, 0.717) is 5.56 Å². The van der Waals surface area contributed by atoms with E-state index in [1.165, 1.54) is 0 Å². The van der Waals surface area contributed by atoms with Gasteiger partial charge in [0.25, 0.3) is 0 Å². The first kappa shape index (κ1) is 12.6. The number of terminal acetylenes is 1. The average Bonchev–Trinajstić information content (AvgIpc) is 2.24. The van der Waals surface area contributed by atoms with Crippen molar-refractivity contribution in [3.63, 3.8) is 0 Å². The Labute approximate surface area is 92.7 Å². The maximum atomic E-state index is 12.3. The Morgan fingerprint density at radius 1 is 1.25 bits per heavy atom. The quantitative estimate of drug-likeness (QED) is 0.780. The van der Waals surface area contributed by atoms with Crippen molar-refractivity contribution >= 4 is 0 Å². The summed E-state index contributed by atoms with van der Waals surface area (Å²) in [6.07, 6.45) is -0.0993. The molecule has 0 aliphatic rings. The largest absolute Gasteiger partial charge is 0.390 e. The molecule has 1 atom stereocenters. The summed E-state index contributed by atoms with van der Waals surface area (Å²) in [5.74, 6) is 2.28. The Kier molecular flexibility index (Phi) is 4.39. The first-order chi connectivity index (χ1) is 7.53. The summed E-state index contributed by atoms with van der Waals surface area (Å²) in [4.78, 5) is 0. The lowest BCUT2D eigenvalue weighted by Crippen LogP contribution is -2.27. The molecule has 1 unspecified atom stereocenters. The van der Waals surface area contributed by atoms with Crippen LogP contribution in [-0.2, 0) is 0 Å². The van der Waals surface area contributed by atoms with E-state index in [1.54, 1.807) is 30.3 Å². The maximum Gasteiger partial charge on any atom is 0.390 e. The van der Waals surface area contributed by atoms with Crippen molar-refractivity contribution in [2.24, 2.45) is 0 Å². The van der Waals surface area contributed by atoms with E-state index in [-0.39, 0.29) is 6.54 Å². The van der Waals surface area contributed by atoms with Gasteiger partial charge in [-0.15, -0.1) is 6.42 Å². The predicted octanol–water partition coefficient (Wildman–Crippen LogP) is 2.90. The zero-order valence-corrected chi connectivity index (χ0v) is 8.59. The van der Waals surface area contributed by atoms with Crippen LogP contribution in [0.2, 0.25) is 0 Å². The Bertz CT molecular complexity index is 351. The van der Waals surface area contributed by atoms with Crippen molar-refractivity contribution < 1.29 is 13.2 Å². The second-order valence-electron chi connectivity index (χ2n) is 3.37. The molecule has 0 aliphatic carbocycles. The first-order valence-electron chi connectivity index (χ1n) is 4.81. The molecule has 0 bridgehead atoms. The molecule has 0 aromatic heterocycles. The van der Waals surface area contributed by atoms with Gasteiger partial charge in [0, 0.05) is 6.04 Å². The van der Waals surface area contributed by atoms with Gasteiger partial charge in [-0.25, -0.2) is 0 Å². The number of nitrogens with one attached hydrogen (secondary N) is 1. The van der Waals surface area contributed by atoms with E-state index in [9.17, 15) is 13.2 Å². The first-order valence-corrected chi connectivity index (χ1v) is 4.81. The van der Waals surface area contributed by atoms with Gasteiger partial charge in [-0.05, 0) is 5.56 Å². The van der Waals surface area contributed by atoms with Crippen LogP contribution in [0.1, 0.15) is 18.0 Å². The molecule has 86 valence electrons. The van der Waals surface area contributed by atoms with Crippen LogP contribution in [0.4, 0.5) is 13.2 Å². The Morgan fingerprint density at radius 2 is 1.88 bits per heavy atom. The molecule has 1 aromatic rings. The molecule has 0 saturated heterocycles. The predicted molar refractivity (Wildman–Crippen MR) is 56.7 cm³/mol. The van der Waals surface area contributed by atoms with Crippen molar-refractivity contribution in [3.8, 4) is 12.3 Å². The smallest absolute Gasteiger partial charge is 0.299 e. The number of hydrogen-bond donors (Lipinski definition) is 1. The Hall–Kier alpha value is -1.47. The van der Waals surface area contributed by atoms with Crippen molar-refractivity contribution in [3.05, 3.63) is 35.9 Å². The second-order valence-corrected chi connectivity index (χ2v) is 3.37. The topological polar surface area (TPSA) is 12.0 Å². The number of rotatable bonds is 4. The van der Waals surface area contributed by atoms with Gasteiger partial charge >= 0.3 is 6.18 Å². The molecule has 0 spiro atoms. The molecular weight excluding hydrogens is 215 g/mol. The second kappa shape index (κ2) is 5.57. The molecule has 4 heteroatoms. The van der Waals surface area contributed by atoms with Crippen LogP contribution in [0.5, 0.6) is 0 Å². The summed E-state index contributed by atoms with van der Waals surface area (Å²) in [7, 11) is 0. The lowest BCUT2D eigenvalue weighted by molar-refractivity contribution is -0.140. The van der Waals surface area contributed by atoms with E-state index in [0.717, 1.165) is 0 Å². The van der Waals surface area contributed by atoms with Gasteiger partial charge in [-0.1, -0.05) is 36.3 Å². The molecule has 1 N–H and O–H groups in total. The van der Waals surface area contributed by atoms with Gasteiger partial charge in [0.2, 0.25) is 0 Å². The Morgan fingerprint density at radius 3 is 2.38 bits per heavy atom. The van der Waals surface area contributed by atoms with Crippen LogP contribution in [0.15, 0.2) is 30.3 Å². The normalized spacial score (nSPS) is 13.1. The van der Waals surface area contributed by atoms with Crippen molar-refractivity contribution in [1.82, 2.24) is 5.32 Å². The number of hydrogen-bond acceptors (Lipinski definition) is 1. The lowest BCUT2D eigenvalue weighted by Gasteiger charge is -2.19. The average molecular weight is 227 g/mol. The summed E-state index contributed by atoms with van der Waals surface area (Å²) in [6, 6.07) is 7.69. The highest BCUT2D eigenvalue weighted by atomic mass is 19.4. The van der Waals surface area contributed by atoms with Crippen LogP contribution in [-0.4, -0.2) is 12.7 Å². The highest BCUT2D eigenvalue weighted by molar-refractivity contribution is 5.19. The van der Waals surface area contributed by atoms with Crippen molar-refractivity contribution in [2.75, 3.05) is 6.54 Å². The third-order valence-electron chi connectivity index (χ3n) is 2.09. The Balaban J connectivity index is 2.76. The van der Waals surface area contributed by atoms with Gasteiger partial charge in [0.05, 0.1) is 13.0 Å². The minimum atomic E-state index is -4.21. The van der Waals surface area contributed by atoms with Crippen LogP contribution >= 0.6 is 0 Å². The standard InChI is InChI=1S/C12H12F3N/c1-2-8-16-11(9-12(13,14)15)10-6-4-3-5-7-10/h1,3-7,11,16H,8-9H2. The van der Waals surface area contributed by atoms with E-state index in [4.69, 9.17) is 6.42 Å². The number of halogens is 3. The summed E-state index contributed by atoms with van der Waals surface area (Å²) >= 11 is 0. The van der Waals surface area contributed by atoms with E-state index in [2.05, 4.69) is 11.2 Å². The third-order valence-corrected chi connectivity index (χ3v) is 2.09. The van der Waals surface area contributed by atoms with Crippen molar-refractivity contribution in [1.29, 1.82) is 0 Å². The van der Waals surface area contributed by atoms with Gasteiger partial charge in [-0.2, -0.15) is 13.2 Å². The number of benzene rings is 1. The van der Waals surface area contributed by atoms with Crippen molar-refractivity contribution in [2.45, 2.75) is 18.6 Å². The molecular formula is C12H12F3N. The van der Waals surface area contributed by atoms with Crippen LogP contribution in [0, 0.1) is 12.3 Å². The van der Waals surface area contributed by atoms with Gasteiger partial charge in [0.1, 0.15) is 0 Å². The van der Waals surface area contributed by atoms with E-state index in [1.807, 2.05) is 0 Å². The van der Waals surface area contributed by atoms with E-state index < -0.39 is 18.6 Å². The minimum Gasteiger partial charge on any atom is -0.299 e. The molecule has 0 amide bonds. The third kappa shape index (κ3) is 4.37. The van der Waals surface area contributed by atoms with Crippen LogP contribution < -0.4 is 5.32 Å². The molecule has 0 heterocycles. The van der Waals surface area contributed by atoms with Gasteiger partial charge < -0.3 is 0 Å². The molecule has 0 radical (unpaired) electrons. The SMILES string of the molecule is C#CCNC(CC(F)(F)F)c1ccccc1. The molecule has 1 aromatic carbocycles. The molecule has 0 saturated carbocycles. The highest BCUT2D eigenvalue weighted by Gasteiger charge is 2.32. The highest BCUT2D eigenvalue weighted by Crippen LogP contribution is 2.29. The van der Waals surface area contributed by atoms with Gasteiger partial charge in [-0.3, -0.25) is 5.32 Å². The fraction of sp³-hybridized carbons (Fsp3) is 0.333. The number of alkyl halides is 3. The fourth-order valence-corrected chi connectivity index (χ4v) is 1.41. The summed E-state index contributed by atoms with van der Waals surface area (Å²) < 4.78 is 37.0. The zero-order valence-electron chi connectivity index (χ0n) is 8.59. The van der Waals surface area contributed by atoms with Crippen LogP contribution in [0.25, 0.3) is 0 Å². The molecule has 16 heavy (non-hydrogen) atoms. The summed E-state index contributed by atoms with van der Waals surface area (Å²) in [6.45, 7) is 0.121. The van der Waals surface area contributed by atoms with Gasteiger partial charge in [0.15, 0.2) is 0 Å². The molecule has 1 nitrogen and oxygen atoms in total. The fourth-order valence-electron chi connectivity index (χ4n) is 1.41. The molecule has 0 fully saturated rings. The zero-order chi connectivity index (χ0) is 12.0.